The SMILES string of the molecule is COc1cc(C(=O)c2ccccc2)ccc1OCCCN1CCC(c2onc3cc(F)ccc23)CC1. The molecule has 1 saturated heterocycles. The minimum absolute atomic E-state index is 0.0469. The monoisotopic (exact) mass is 488 g/mol. The maximum Gasteiger partial charge on any atom is 0.193 e. The second-order valence-corrected chi connectivity index (χ2v) is 9.09. The van der Waals surface area contributed by atoms with Crippen molar-refractivity contribution in [3.05, 3.63) is 89.4 Å². The van der Waals surface area contributed by atoms with Crippen LogP contribution in [0.25, 0.3) is 10.9 Å². The summed E-state index contributed by atoms with van der Waals surface area (Å²) < 4.78 is 30.5. The van der Waals surface area contributed by atoms with E-state index in [1.807, 2.05) is 18.2 Å². The lowest BCUT2D eigenvalue weighted by Gasteiger charge is -2.30. The summed E-state index contributed by atoms with van der Waals surface area (Å²) in [5.74, 6) is 2.01. The number of hydrogen-bond donors (Lipinski definition) is 0. The first-order valence-corrected chi connectivity index (χ1v) is 12.3. The Bertz CT molecular complexity index is 1330. The van der Waals surface area contributed by atoms with Crippen molar-refractivity contribution in [2.24, 2.45) is 0 Å². The van der Waals surface area contributed by atoms with Crippen molar-refractivity contribution in [3.8, 4) is 11.5 Å². The van der Waals surface area contributed by atoms with Crippen molar-refractivity contribution in [2.45, 2.75) is 25.2 Å². The molecule has 1 fully saturated rings. The Morgan fingerprint density at radius 1 is 1.03 bits per heavy atom. The van der Waals surface area contributed by atoms with Crippen LogP contribution in [-0.4, -0.2) is 49.2 Å². The summed E-state index contributed by atoms with van der Waals surface area (Å²) in [4.78, 5) is 15.1. The number of nitrogens with zero attached hydrogens (tertiary/aromatic N) is 2. The molecule has 0 aliphatic carbocycles. The van der Waals surface area contributed by atoms with Gasteiger partial charge in [0, 0.05) is 35.0 Å². The first-order valence-electron chi connectivity index (χ1n) is 12.3. The molecule has 2 heterocycles. The molecule has 1 aliphatic rings. The zero-order chi connectivity index (χ0) is 24.9. The topological polar surface area (TPSA) is 64.8 Å². The molecule has 5 rings (SSSR count). The molecule has 0 N–H and O–H groups in total. The Balaban J connectivity index is 1.10. The molecule has 0 bridgehead atoms. The van der Waals surface area contributed by atoms with E-state index in [0.29, 0.717) is 40.7 Å². The zero-order valence-electron chi connectivity index (χ0n) is 20.3. The number of rotatable bonds is 9. The summed E-state index contributed by atoms with van der Waals surface area (Å²) >= 11 is 0. The maximum absolute atomic E-state index is 13.4. The second kappa shape index (κ2) is 10.9. The Kier molecular flexibility index (Phi) is 7.28. The van der Waals surface area contributed by atoms with Crippen LogP contribution < -0.4 is 9.47 Å². The number of methoxy groups -OCH3 is 1. The number of halogens is 1. The van der Waals surface area contributed by atoms with E-state index in [-0.39, 0.29) is 11.6 Å². The van der Waals surface area contributed by atoms with Gasteiger partial charge in [-0.05, 0) is 62.7 Å². The highest BCUT2D eigenvalue weighted by molar-refractivity contribution is 6.09. The largest absolute Gasteiger partial charge is 0.493 e. The number of benzene rings is 3. The minimum Gasteiger partial charge on any atom is -0.493 e. The highest BCUT2D eigenvalue weighted by Crippen LogP contribution is 2.33. The van der Waals surface area contributed by atoms with E-state index >= 15 is 0 Å². The zero-order valence-corrected chi connectivity index (χ0v) is 20.3. The quantitative estimate of drug-likeness (QED) is 0.217. The molecule has 1 aromatic heterocycles. The first kappa shape index (κ1) is 24.0. The fourth-order valence-corrected chi connectivity index (χ4v) is 4.80. The van der Waals surface area contributed by atoms with Gasteiger partial charge in [-0.1, -0.05) is 35.5 Å². The maximum atomic E-state index is 13.4. The van der Waals surface area contributed by atoms with Crippen molar-refractivity contribution in [3.63, 3.8) is 0 Å². The van der Waals surface area contributed by atoms with Crippen LogP contribution in [-0.2, 0) is 0 Å². The van der Waals surface area contributed by atoms with Crippen LogP contribution in [0.2, 0.25) is 0 Å². The molecule has 0 unspecified atom stereocenters. The Hall–Kier alpha value is -3.71. The third-order valence-corrected chi connectivity index (χ3v) is 6.76. The molecule has 6 nitrogen and oxygen atoms in total. The number of hydrogen-bond acceptors (Lipinski definition) is 6. The van der Waals surface area contributed by atoms with Crippen molar-refractivity contribution >= 4 is 16.7 Å². The molecule has 7 heteroatoms. The van der Waals surface area contributed by atoms with Gasteiger partial charge in [0.2, 0.25) is 0 Å². The molecule has 1 aliphatic heterocycles. The smallest absolute Gasteiger partial charge is 0.193 e. The van der Waals surface area contributed by atoms with Crippen LogP contribution in [0.5, 0.6) is 11.5 Å². The summed E-state index contributed by atoms with van der Waals surface area (Å²) in [6, 6.07) is 19.1. The van der Waals surface area contributed by atoms with E-state index in [9.17, 15) is 9.18 Å². The first-order chi connectivity index (χ1) is 17.6. The summed E-state index contributed by atoms with van der Waals surface area (Å²) in [7, 11) is 1.58. The van der Waals surface area contributed by atoms with E-state index in [1.165, 1.54) is 12.1 Å². The van der Waals surface area contributed by atoms with E-state index in [4.69, 9.17) is 14.0 Å². The normalized spacial score (nSPS) is 14.7. The van der Waals surface area contributed by atoms with Gasteiger partial charge in [0.1, 0.15) is 17.1 Å². The molecule has 0 atom stereocenters. The lowest BCUT2D eigenvalue weighted by Crippen LogP contribution is -2.34. The number of fused-ring (bicyclic) bond motifs is 1. The Morgan fingerprint density at radius 3 is 2.61 bits per heavy atom. The van der Waals surface area contributed by atoms with Crippen molar-refractivity contribution in [1.29, 1.82) is 0 Å². The van der Waals surface area contributed by atoms with E-state index in [1.54, 1.807) is 43.5 Å². The van der Waals surface area contributed by atoms with E-state index < -0.39 is 0 Å². The molecule has 0 saturated carbocycles. The third-order valence-electron chi connectivity index (χ3n) is 6.76. The van der Waals surface area contributed by atoms with Crippen LogP contribution in [0, 0.1) is 5.82 Å². The minimum atomic E-state index is -0.298. The van der Waals surface area contributed by atoms with Gasteiger partial charge in [0.25, 0.3) is 0 Å². The number of ether oxygens (including phenoxy) is 2. The Morgan fingerprint density at radius 2 is 1.83 bits per heavy atom. The lowest BCUT2D eigenvalue weighted by atomic mass is 9.92. The molecule has 186 valence electrons. The highest BCUT2D eigenvalue weighted by atomic mass is 19.1. The Labute approximate surface area is 209 Å². The fraction of sp³-hybridized carbons (Fsp3) is 0.310. The van der Waals surface area contributed by atoms with Gasteiger partial charge in [-0.2, -0.15) is 0 Å². The molecular formula is C29H29FN2O4. The molecule has 4 aromatic rings. The summed E-state index contributed by atoms with van der Waals surface area (Å²) in [5, 5.41) is 4.94. The van der Waals surface area contributed by atoms with Crippen molar-refractivity contribution in [1.82, 2.24) is 10.1 Å². The van der Waals surface area contributed by atoms with Gasteiger partial charge in [-0.15, -0.1) is 0 Å². The average Bonchev–Trinajstić information content (AvgIpc) is 3.34. The van der Waals surface area contributed by atoms with Gasteiger partial charge in [0.15, 0.2) is 17.3 Å². The second-order valence-electron chi connectivity index (χ2n) is 9.09. The number of carbonyl (C=O) groups is 1. The van der Waals surface area contributed by atoms with Crippen LogP contribution in [0.15, 0.2) is 71.3 Å². The molecule has 3 aromatic carbocycles. The summed E-state index contributed by atoms with van der Waals surface area (Å²) in [5.41, 5.74) is 1.79. The van der Waals surface area contributed by atoms with Gasteiger partial charge < -0.3 is 18.9 Å². The average molecular weight is 489 g/mol. The van der Waals surface area contributed by atoms with Gasteiger partial charge in [-0.3, -0.25) is 4.79 Å². The van der Waals surface area contributed by atoms with Crippen LogP contribution >= 0.6 is 0 Å². The molecule has 0 amide bonds. The fourth-order valence-electron chi connectivity index (χ4n) is 4.80. The van der Waals surface area contributed by atoms with E-state index in [0.717, 1.165) is 50.0 Å². The van der Waals surface area contributed by atoms with Crippen molar-refractivity contribution < 1.29 is 23.2 Å². The molecule has 0 spiro atoms. The number of piperidine rings is 1. The third kappa shape index (κ3) is 5.26. The number of likely N-dealkylation sites (tertiary alicyclic amines) is 1. The van der Waals surface area contributed by atoms with Crippen LogP contribution in [0.3, 0.4) is 0 Å². The van der Waals surface area contributed by atoms with E-state index in [2.05, 4.69) is 10.1 Å². The molecule has 36 heavy (non-hydrogen) atoms. The molecular weight excluding hydrogens is 459 g/mol. The van der Waals surface area contributed by atoms with Gasteiger partial charge >= 0.3 is 0 Å². The summed E-state index contributed by atoms with van der Waals surface area (Å²) in [6.45, 7) is 3.42. The van der Waals surface area contributed by atoms with Crippen molar-refractivity contribution in [2.75, 3.05) is 33.4 Å². The van der Waals surface area contributed by atoms with Crippen LogP contribution in [0.1, 0.15) is 46.9 Å². The highest BCUT2D eigenvalue weighted by Gasteiger charge is 2.25. The number of carbonyl (C=O) groups excluding carboxylic acids is 1. The molecule has 0 radical (unpaired) electrons. The van der Waals surface area contributed by atoms with Gasteiger partial charge in [0.05, 0.1) is 13.7 Å². The lowest BCUT2D eigenvalue weighted by molar-refractivity contribution is 0.103. The standard InChI is InChI=1S/C29H29FN2O4/c1-34-27-18-22(28(33)20-6-3-2-4-7-20)8-11-26(27)35-17-5-14-32-15-12-21(13-16-32)29-24-10-9-23(30)19-25(24)31-36-29/h2-4,6-11,18-19,21H,5,12-17H2,1H3. The predicted octanol–water partition coefficient (Wildman–Crippen LogP) is 5.86. The number of ketones is 1. The van der Waals surface area contributed by atoms with Crippen LogP contribution in [0.4, 0.5) is 4.39 Å². The summed E-state index contributed by atoms with van der Waals surface area (Å²) in [6.07, 6.45) is 2.84. The predicted molar refractivity (Wildman–Crippen MR) is 135 cm³/mol. The van der Waals surface area contributed by atoms with Gasteiger partial charge in [-0.25, -0.2) is 4.39 Å². The number of aromatic nitrogens is 1.